The maximum atomic E-state index is 12.7. The minimum atomic E-state index is -0.731. The molecule has 26 heavy (non-hydrogen) atoms. The maximum absolute atomic E-state index is 12.7. The van der Waals surface area contributed by atoms with Crippen LogP contribution >= 0.6 is 11.6 Å². The lowest BCUT2D eigenvalue weighted by atomic mass is 10.1. The van der Waals surface area contributed by atoms with Crippen molar-refractivity contribution in [3.8, 4) is 0 Å². The van der Waals surface area contributed by atoms with Gasteiger partial charge < -0.3 is 14.8 Å². The van der Waals surface area contributed by atoms with Crippen LogP contribution in [0.5, 0.6) is 0 Å². The summed E-state index contributed by atoms with van der Waals surface area (Å²) in [7, 11) is 0. The van der Waals surface area contributed by atoms with Crippen molar-refractivity contribution < 1.29 is 19.1 Å². The van der Waals surface area contributed by atoms with Gasteiger partial charge in [0.05, 0.1) is 6.61 Å². The average molecular weight is 370 g/mol. The fourth-order valence-corrected chi connectivity index (χ4v) is 2.60. The molecule has 3 rings (SSSR count). The zero-order chi connectivity index (χ0) is 18.5. The van der Waals surface area contributed by atoms with Crippen LogP contribution in [-0.2, 0) is 19.1 Å². The Morgan fingerprint density at radius 2 is 1.96 bits per heavy atom. The molecular formula is C20H16ClNO4. The number of ketones is 1. The smallest absolute Gasteiger partial charge is 0.347 e. The summed E-state index contributed by atoms with van der Waals surface area (Å²) in [6.07, 6.45) is 1.53. The summed E-state index contributed by atoms with van der Waals surface area (Å²) < 4.78 is 10.6. The van der Waals surface area contributed by atoms with Crippen molar-refractivity contribution in [3.05, 3.63) is 82.4 Å². The summed E-state index contributed by atoms with van der Waals surface area (Å²) in [6.45, 7) is 1.83. The van der Waals surface area contributed by atoms with Crippen LogP contribution in [0.2, 0.25) is 5.02 Å². The van der Waals surface area contributed by atoms with Gasteiger partial charge in [-0.3, -0.25) is 4.79 Å². The Morgan fingerprint density at radius 1 is 1.19 bits per heavy atom. The van der Waals surface area contributed by atoms with Gasteiger partial charge >= 0.3 is 5.97 Å². The Hall–Kier alpha value is -3.05. The zero-order valence-electron chi connectivity index (χ0n) is 14.0. The van der Waals surface area contributed by atoms with Crippen LogP contribution in [-0.4, -0.2) is 18.4 Å². The summed E-state index contributed by atoms with van der Waals surface area (Å²) >= 11 is 5.97. The molecule has 0 radical (unpaired) electrons. The fourth-order valence-electron chi connectivity index (χ4n) is 2.41. The van der Waals surface area contributed by atoms with E-state index in [0.717, 1.165) is 0 Å². The van der Waals surface area contributed by atoms with E-state index >= 15 is 0 Å². The predicted octanol–water partition coefficient (Wildman–Crippen LogP) is 4.17. The molecular weight excluding hydrogens is 354 g/mol. The van der Waals surface area contributed by atoms with Crippen molar-refractivity contribution in [2.45, 2.75) is 6.92 Å². The number of para-hydroxylation sites is 1. The predicted molar refractivity (Wildman–Crippen MR) is 99.2 cm³/mol. The highest BCUT2D eigenvalue weighted by Gasteiger charge is 2.36. The van der Waals surface area contributed by atoms with Gasteiger partial charge in [0.25, 0.3) is 0 Å². The van der Waals surface area contributed by atoms with Gasteiger partial charge in [0, 0.05) is 10.7 Å². The van der Waals surface area contributed by atoms with Crippen molar-refractivity contribution in [3.63, 3.8) is 0 Å². The van der Waals surface area contributed by atoms with E-state index in [2.05, 4.69) is 5.32 Å². The second-order valence-electron chi connectivity index (χ2n) is 5.41. The SMILES string of the molecule is CCOC(=O)C1=C(Nc2ccccc2)OC(=Cc2cccc(Cl)c2)C1=O. The van der Waals surface area contributed by atoms with E-state index in [1.807, 2.05) is 18.2 Å². The number of rotatable bonds is 5. The van der Waals surface area contributed by atoms with E-state index in [1.54, 1.807) is 43.3 Å². The zero-order valence-corrected chi connectivity index (χ0v) is 14.7. The number of allylic oxidation sites excluding steroid dienone is 1. The number of hydrogen-bond acceptors (Lipinski definition) is 5. The molecule has 0 bridgehead atoms. The van der Waals surface area contributed by atoms with Crippen LogP contribution in [0.1, 0.15) is 12.5 Å². The van der Waals surface area contributed by atoms with Crippen LogP contribution in [0.15, 0.2) is 71.8 Å². The Kier molecular flexibility index (Phi) is 5.39. The normalized spacial score (nSPS) is 15.2. The Morgan fingerprint density at radius 3 is 2.65 bits per heavy atom. The molecule has 0 aromatic heterocycles. The molecule has 0 atom stereocenters. The Labute approximate surface area is 155 Å². The molecule has 1 N–H and O–H groups in total. The van der Waals surface area contributed by atoms with Gasteiger partial charge in [0.2, 0.25) is 11.7 Å². The molecule has 1 heterocycles. The third-order valence-electron chi connectivity index (χ3n) is 3.55. The van der Waals surface area contributed by atoms with Crippen molar-refractivity contribution in [1.29, 1.82) is 0 Å². The van der Waals surface area contributed by atoms with Crippen LogP contribution in [0.25, 0.3) is 6.08 Å². The molecule has 132 valence electrons. The number of anilines is 1. The van der Waals surface area contributed by atoms with Gasteiger partial charge in [-0.15, -0.1) is 0 Å². The molecule has 0 fully saturated rings. The summed E-state index contributed by atoms with van der Waals surface area (Å²) in [6, 6.07) is 16.1. The molecule has 0 aliphatic carbocycles. The number of halogens is 1. The molecule has 0 saturated carbocycles. The molecule has 0 saturated heterocycles. The molecule has 2 aromatic carbocycles. The molecule has 5 nitrogen and oxygen atoms in total. The molecule has 0 spiro atoms. The summed E-state index contributed by atoms with van der Waals surface area (Å²) in [5.41, 5.74) is 1.20. The molecule has 6 heteroatoms. The van der Waals surface area contributed by atoms with Crippen molar-refractivity contribution in [2.24, 2.45) is 0 Å². The average Bonchev–Trinajstić information content (AvgIpc) is 2.91. The first-order valence-electron chi connectivity index (χ1n) is 8.01. The minimum Gasteiger partial charge on any atom is -0.462 e. The van der Waals surface area contributed by atoms with Crippen molar-refractivity contribution >= 4 is 35.1 Å². The summed E-state index contributed by atoms with van der Waals surface area (Å²) in [5.74, 6) is -1.20. The highest BCUT2D eigenvalue weighted by Crippen LogP contribution is 2.29. The minimum absolute atomic E-state index is 0.0220. The van der Waals surface area contributed by atoms with E-state index in [-0.39, 0.29) is 23.8 Å². The van der Waals surface area contributed by atoms with E-state index in [9.17, 15) is 9.59 Å². The van der Waals surface area contributed by atoms with Gasteiger partial charge in [-0.2, -0.15) is 0 Å². The molecule has 0 unspecified atom stereocenters. The summed E-state index contributed by atoms with van der Waals surface area (Å²) in [5, 5.41) is 3.49. The van der Waals surface area contributed by atoms with Gasteiger partial charge in [-0.25, -0.2) is 4.79 Å². The van der Waals surface area contributed by atoms with E-state index in [4.69, 9.17) is 21.1 Å². The summed E-state index contributed by atoms with van der Waals surface area (Å²) in [4.78, 5) is 24.9. The molecule has 1 aliphatic heterocycles. The van der Waals surface area contributed by atoms with Crippen molar-refractivity contribution in [2.75, 3.05) is 11.9 Å². The van der Waals surface area contributed by atoms with E-state index in [0.29, 0.717) is 16.3 Å². The standard InChI is InChI=1S/C20H16ClNO4/c1-2-25-20(24)17-18(23)16(12-13-7-6-8-14(21)11-13)26-19(17)22-15-9-4-3-5-10-15/h3-12,22H,2H2,1H3. The first kappa shape index (κ1) is 17.8. The number of benzene rings is 2. The Bertz CT molecular complexity index is 903. The number of ether oxygens (including phenoxy) is 2. The quantitative estimate of drug-likeness (QED) is 0.487. The van der Waals surface area contributed by atoms with E-state index < -0.39 is 11.8 Å². The number of Topliss-reactive ketones (excluding diaryl/α,β-unsaturated/α-hetero) is 1. The lowest BCUT2D eigenvalue weighted by molar-refractivity contribution is -0.139. The lowest BCUT2D eigenvalue weighted by Crippen LogP contribution is -2.16. The maximum Gasteiger partial charge on any atom is 0.347 e. The monoisotopic (exact) mass is 369 g/mol. The number of carbonyl (C=O) groups excluding carboxylic acids is 2. The third-order valence-corrected chi connectivity index (χ3v) is 3.78. The first-order chi connectivity index (χ1) is 12.6. The fraction of sp³-hybridized carbons (Fsp3) is 0.100. The van der Waals surface area contributed by atoms with Gasteiger partial charge in [0.15, 0.2) is 11.3 Å². The molecule has 0 amide bonds. The highest BCUT2D eigenvalue weighted by atomic mass is 35.5. The Balaban J connectivity index is 1.94. The second-order valence-corrected chi connectivity index (χ2v) is 5.85. The number of carbonyl (C=O) groups is 2. The van der Waals surface area contributed by atoms with Gasteiger partial charge in [-0.1, -0.05) is 41.9 Å². The largest absolute Gasteiger partial charge is 0.462 e. The van der Waals surface area contributed by atoms with E-state index in [1.165, 1.54) is 6.08 Å². The topological polar surface area (TPSA) is 64.6 Å². The highest BCUT2D eigenvalue weighted by molar-refractivity contribution is 6.30. The van der Waals surface area contributed by atoms with Gasteiger partial charge in [-0.05, 0) is 42.8 Å². The first-order valence-corrected chi connectivity index (χ1v) is 8.39. The second kappa shape index (κ2) is 7.89. The van der Waals surface area contributed by atoms with Crippen LogP contribution in [0, 0.1) is 0 Å². The molecule has 2 aromatic rings. The van der Waals surface area contributed by atoms with Crippen LogP contribution in [0.3, 0.4) is 0 Å². The number of esters is 1. The van der Waals surface area contributed by atoms with Crippen LogP contribution < -0.4 is 5.32 Å². The lowest BCUT2D eigenvalue weighted by Gasteiger charge is -2.08. The van der Waals surface area contributed by atoms with Crippen molar-refractivity contribution in [1.82, 2.24) is 0 Å². The third kappa shape index (κ3) is 3.95. The number of nitrogens with one attached hydrogen (secondary N) is 1. The van der Waals surface area contributed by atoms with Crippen LogP contribution in [0.4, 0.5) is 5.69 Å². The molecule has 1 aliphatic rings. The van der Waals surface area contributed by atoms with Gasteiger partial charge in [0.1, 0.15) is 0 Å². The number of hydrogen-bond donors (Lipinski definition) is 1.